The number of para-hydroxylation sites is 1. The van der Waals surface area contributed by atoms with Gasteiger partial charge in [-0.25, -0.2) is 4.98 Å². The maximum absolute atomic E-state index is 12.2. The molecule has 2 heterocycles. The zero-order chi connectivity index (χ0) is 19.3. The lowest BCUT2D eigenvalue weighted by Crippen LogP contribution is -2.12. The van der Waals surface area contributed by atoms with Crippen molar-refractivity contribution in [1.82, 2.24) is 15.0 Å². The van der Waals surface area contributed by atoms with E-state index in [1.165, 1.54) is 0 Å². The molecule has 0 bridgehead atoms. The van der Waals surface area contributed by atoms with Crippen molar-refractivity contribution >= 4 is 34.3 Å². The van der Waals surface area contributed by atoms with Gasteiger partial charge in [-0.2, -0.15) is 4.98 Å². The van der Waals surface area contributed by atoms with Gasteiger partial charge in [-0.1, -0.05) is 24.3 Å². The summed E-state index contributed by atoms with van der Waals surface area (Å²) in [5, 5.41) is 6.88. The number of nitrogens with two attached hydrogens (primary N) is 1. The standard InChI is InChI=1S/C21H18N6O/c22-19-17-3-1-2-4-18(17)26-21(27-19)24-13-14-5-7-16(8-6-14)25-20(28)15-9-11-23-12-10-15/h1-12H,13H2,(H,25,28)(H3,22,24,26,27). The van der Waals surface area contributed by atoms with Crippen LogP contribution in [0.4, 0.5) is 17.5 Å². The monoisotopic (exact) mass is 370 g/mol. The maximum atomic E-state index is 12.2. The number of benzene rings is 2. The number of anilines is 3. The van der Waals surface area contributed by atoms with E-state index in [0.29, 0.717) is 23.9 Å². The number of amides is 1. The molecule has 1 amide bonds. The lowest BCUT2D eigenvalue weighted by molar-refractivity contribution is 0.102. The number of carbonyl (C=O) groups excluding carboxylic acids is 1. The normalized spacial score (nSPS) is 10.6. The second-order valence-corrected chi connectivity index (χ2v) is 6.19. The van der Waals surface area contributed by atoms with Crippen molar-refractivity contribution in [1.29, 1.82) is 0 Å². The van der Waals surface area contributed by atoms with Crippen LogP contribution in [0, 0.1) is 0 Å². The zero-order valence-electron chi connectivity index (χ0n) is 15.0. The van der Waals surface area contributed by atoms with Crippen molar-refractivity contribution in [2.45, 2.75) is 6.54 Å². The number of rotatable bonds is 5. The summed E-state index contributed by atoms with van der Waals surface area (Å²) in [4.78, 5) is 24.9. The molecule has 0 atom stereocenters. The molecule has 28 heavy (non-hydrogen) atoms. The topological polar surface area (TPSA) is 106 Å². The van der Waals surface area contributed by atoms with Crippen molar-refractivity contribution < 1.29 is 4.79 Å². The molecule has 0 aliphatic heterocycles. The van der Waals surface area contributed by atoms with Gasteiger partial charge in [0.25, 0.3) is 5.91 Å². The fraction of sp³-hybridized carbons (Fsp3) is 0.0476. The predicted octanol–water partition coefficient (Wildman–Crippen LogP) is 3.47. The number of nitrogen functional groups attached to an aromatic ring is 1. The molecule has 4 aromatic rings. The summed E-state index contributed by atoms with van der Waals surface area (Å²) in [6.07, 6.45) is 3.18. The van der Waals surface area contributed by atoms with E-state index in [1.54, 1.807) is 24.5 Å². The molecule has 2 aromatic carbocycles. The van der Waals surface area contributed by atoms with E-state index >= 15 is 0 Å². The third-order valence-electron chi connectivity index (χ3n) is 4.24. The van der Waals surface area contributed by atoms with Gasteiger partial charge in [-0.15, -0.1) is 0 Å². The Kier molecular flexibility index (Phi) is 4.79. The van der Waals surface area contributed by atoms with Crippen LogP contribution in [0.1, 0.15) is 15.9 Å². The molecule has 0 saturated heterocycles. The third kappa shape index (κ3) is 3.88. The molecule has 4 N–H and O–H groups in total. The number of nitrogens with zero attached hydrogens (tertiary/aromatic N) is 3. The smallest absolute Gasteiger partial charge is 0.255 e. The molecule has 0 fully saturated rings. The van der Waals surface area contributed by atoms with Crippen LogP contribution in [0.3, 0.4) is 0 Å². The quantitative estimate of drug-likeness (QED) is 0.497. The van der Waals surface area contributed by atoms with Gasteiger partial charge in [0.05, 0.1) is 5.52 Å². The molecular weight excluding hydrogens is 352 g/mol. The lowest BCUT2D eigenvalue weighted by atomic mass is 10.2. The van der Waals surface area contributed by atoms with Crippen LogP contribution in [0.2, 0.25) is 0 Å². The van der Waals surface area contributed by atoms with Crippen LogP contribution in [0.5, 0.6) is 0 Å². The molecule has 0 spiro atoms. The maximum Gasteiger partial charge on any atom is 0.255 e. The first-order valence-corrected chi connectivity index (χ1v) is 8.75. The summed E-state index contributed by atoms with van der Waals surface area (Å²) in [5.41, 5.74) is 9.11. The van der Waals surface area contributed by atoms with Crippen LogP contribution in [-0.2, 0) is 6.54 Å². The van der Waals surface area contributed by atoms with Gasteiger partial charge < -0.3 is 16.4 Å². The summed E-state index contributed by atoms with van der Waals surface area (Å²) in [6, 6.07) is 18.5. The Morgan fingerprint density at radius 1 is 0.929 bits per heavy atom. The number of hydrogen-bond acceptors (Lipinski definition) is 6. The Balaban J connectivity index is 1.40. The van der Waals surface area contributed by atoms with Crippen LogP contribution in [-0.4, -0.2) is 20.9 Å². The second kappa shape index (κ2) is 7.71. The Hall–Kier alpha value is -4.00. The van der Waals surface area contributed by atoms with Gasteiger partial charge >= 0.3 is 0 Å². The summed E-state index contributed by atoms with van der Waals surface area (Å²) < 4.78 is 0. The number of fused-ring (bicyclic) bond motifs is 1. The third-order valence-corrected chi connectivity index (χ3v) is 4.24. The van der Waals surface area contributed by atoms with Crippen molar-refractivity contribution in [3.63, 3.8) is 0 Å². The van der Waals surface area contributed by atoms with E-state index in [9.17, 15) is 4.79 Å². The molecule has 0 aliphatic carbocycles. The average molecular weight is 370 g/mol. The van der Waals surface area contributed by atoms with Crippen LogP contribution in [0.25, 0.3) is 10.9 Å². The Morgan fingerprint density at radius 2 is 1.68 bits per heavy atom. The highest BCUT2D eigenvalue weighted by atomic mass is 16.1. The van der Waals surface area contributed by atoms with Gasteiger partial charge in [-0.05, 0) is 42.0 Å². The molecule has 4 rings (SSSR count). The van der Waals surface area contributed by atoms with E-state index in [4.69, 9.17) is 5.73 Å². The molecule has 7 heteroatoms. The van der Waals surface area contributed by atoms with E-state index in [2.05, 4.69) is 25.6 Å². The number of aromatic nitrogens is 3. The highest BCUT2D eigenvalue weighted by molar-refractivity contribution is 6.04. The molecule has 0 radical (unpaired) electrons. The lowest BCUT2D eigenvalue weighted by Gasteiger charge is -2.09. The Labute approximate surface area is 161 Å². The average Bonchev–Trinajstić information content (AvgIpc) is 2.74. The van der Waals surface area contributed by atoms with Gasteiger partial charge in [-0.3, -0.25) is 9.78 Å². The van der Waals surface area contributed by atoms with Gasteiger partial charge in [0.2, 0.25) is 5.95 Å². The first kappa shape index (κ1) is 17.4. The molecule has 138 valence electrons. The Morgan fingerprint density at radius 3 is 2.46 bits per heavy atom. The highest BCUT2D eigenvalue weighted by Crippen LogP contribution is 2.19. The van der Waals surface area contributed by atoms with E-state index < -0.39 is 0 Å². The minimum absolute atomic E-state index is 0.173. The molecular formula is C21H18N6O. The summed E-state index contributed by atoms with van der Waals surface area (Å²) in [6.45, 7) is 0.538. The summed E-state index contributed by atoms with van der Waals surface area (Å²) >= 11 is 0. The minimum Gasteiger partial charge on any atom is -0.383 e. The van der Waals surface area contributed by atoms with Crippen molar-refractivity contribution in [2.75, 3.05) is 16.4 Å². The predicted molar refractivity (Wildman–Crippen MR) is 110 cm³/mol. The van der Waals surface area contributed by atoms with Crippen molar-refractivity contribution in [3.05, 3.63) is 84.2 Å². The molecule has 0 unspecified atom stereocenters. The van der Waals surface area contributed by atoms with Crippen LogP contribution in [0.15, 0.2) is 73.1 Å². The van der Waals surface area contributed by atoms with Gasteiger partial charge in [0.1, 0.15) is 5.82 Å². The fourth-order valence-electron chi connectivity index (χ4n) is 2.77. The van der Waals surface area contributed by atoms with Crippen molar-refractivity contribution in [3.8, 4) is 0 Å². The second-order valence-electron chi connectivity index (χ2n) is 6.19. The molecule has 0 saturated carbocycles. The van der Waals surface area contributed by atoms with E-state index in [1.807, 2.05) is 48.5 Å². The number of pyridine rings is 1. The Bertz CT molecular complexity index is 1110. The fourth-order valence-corrected chi connectivity index (χ4v) is 2.77. The largest absolute Gasteiger partial charge is 0.383 e. The zero-order valence-corrected chi connectivity index (χ0v) is 15.0. The van der Waals surface area contributed by atoms with Crippen molar-refractivity contribution in [2.24, 2.45) is 0 Å². The first-order valence-electron chi connectivity index (χ1n) is 8.75. The molecule has 2 aromatic heterocycles. The summed E-state index contributed by atoms with van der Waals surface area (Å²) in [7, 11) is 0. The van der Waals surface area contributed by atoms with Crippen LogP contribution < -0.4 is 16.4 Å². The van der Waals surface area contributed by atoms with E-state index in [-0.39, 0.29) is 5.91 Å². The highest BCUT2D eigenvalue weighted by Gasteiger charge is 2.06. The summed E-state index contributed by atoms with van der Waals surface area (Å²) in [5.74, 6) is 0.752. The first-order chi connectivity index (χ1) is 13.7. The minimum atomic E-state index is -0.173. The van der Waals surface area contributed by atoms with E-state index in [0.717, 1.165) is 22.2 Å². The SMILES string of the molecule is Nc1nc(NCc2ccc(NC(=O)c3ccncc3)cc2)nc2ccccc12. The number of carbonyl (C=O) groups is 1. The number of nitrogens with one attached hydrogen (secondary N) is 2. The van der Waals surface area contributed by atoms with Crippen LogP contribution >= 0.6 is 0 Å². The number of hydrogen-bond donors (Lipinski definition) is 3. The molecule has 7 nitrogen and oxygen atoms in total. The molecule has 0 aliphatic rings. The van der Waals surface area contributed by atoms with Gasteiger partial charge in [0.15, 0.2) is 0 Å². The van der Waals surface area contributed by atoms with Gasteiger partial charge in [0, 0.05) is 35.6 Å².